The molecule has 0 bridgehead atoms. The zero-order valence-electron chi connectivity index (χ0n) is 12.5. The lowest BCUT2D eigenvalue weighted by molar-refractivity contribution is -0.137. The Labute approximate surface area is 129 Å². The van der Waals surface area contributed by atoms with Gasteiger partial charge in [-0.05, 0) is 19.0 Å². The average Bonchev–Trinajstić information content (AvgIpc) is 2.99. The number of amides is 1. The predicted molar refractivity (Wildman–Crippen MR) is 78.7 cm³/mol. The second kappa shape index (κ2) is 8.50. The molecular weight excluding hydrogens is 288 g/mol. The molecule has 22 heavy (non-hydrogen) atoms. The van der Waals surface area contributed by atoms with Gasteiger partial charge in [-0.1, -0.05) is 0 Å². The number of morpholine rings is 1. The molecule has 0 saturated carbocycles. The number of carboxylic acid groups (broad SMARTS) is 1. The highest BCUT2D eigenvalue weighted by Crippen LogP contribution is 1.99. The Hall–Kier alpha value is -1.93. The Bertz CT molecular complexity index is 497. The summed E-state index contributed by atoms with van der Waals surface area (Å²) in [4.78, 5) is 24.7. The molecule has 8 heteroatoms. The van der Waals surface area contributed by atoms with E-state index in [1.807, 2.05) is 0 Å². The third kappa shape index (κ3) is 5.45. The van der Waals surface area contributed by atoms with Crippen molar-refractivity contribution in [3.63, 3.8) is 0 Å². The number of nitrogens with one attached hydrogen (secondary N) is 1. The second-order valence-electron chi connectivity index (χ2n) is 5.17. The smallest absolute Gasteiger partial charge is 0.305 e. The Balaban J connectivity index is 1.65. The zero-order valence-corrected chi connectivity index (χ0v) is 12.5. The fourth-order valence-corrected chi connectivity index (χ4v) is 2.24. The van der Waals surface area contributed by atoms with Crippen LogP contribution in [0.3, 0.4) is 0 Å². The number of carbonyl (C=O) groups is 2. The SMILES string of the molecule is O=C(O)CCn1ccc(C(=O)NCCCN2CCOCC2)n1. The number of hydrogen-bond donors (Lipinski definition) is 2. The summed E-state index contributed by atoms with van der Waals surface area (Å²) in [5, 5.41) is 15.5. The van der Waals surface area contributed by atoms with Gasteiger partial charge in [0.25, 0.3) is 5.91 Å². The highest BCUT2D eigenvalue weighted by molar-refractivity contribution is 5.92. The summed E-state index contributed by atoms with van der Waals surface area (Å²) >= 11 is 0. The molecule has 122 valence electrons. The van der Waals surface area contributed by atoms with E-state index in [0.717, 1.165) is 39.3 Å². The van der Waals surface area contributed by atoms with Crippen LogP contribution in [0.5, 0.6) is 0 Å². The maximum Gasteiger partial charge on any atom is 0.305 e. The summed E-state index contributed by atoms with van der Waals surface area (Å²) in [6.07, 6.45) is 2.49. The molecule has 0 radical (unpaired) electrons. The molecule has 1 aromatic heterocycles. The molecule has 2 rings (SSSR count). The zero-order chi connectivity index (χ0) is 15.8. The van der Waals surface area contributed by atoms with Crippen molar-refractivity contribution in [3.05, 3.63) is 18.0 Å². The van der Waals surface area contributed by atoms with Gasteiger partial charge in [-0.3, -0.25) is 19.2 Å². The summed E-state index contributed by atoms with van der Waals surface area (Å²) in [6, 6.07) is 1.60. The fraction of sp³-hybridized carbons (Fsp3) is 0.643. The predicted octanol–water partition coefficient (Wildman–Crippen LogP) is -0.190. The van der Waals surface area contributed by atoms with Crippen LogP contribution >= 0.6 is 0 Å². The molecule has 0 spiro atoms. The normalized spacial score (nSPS) is 15.6. The van der Waals surface area contributed by atoms with Crippen molar-refractivity contribution in [2.45, 2.75) is 19.4 Å². The van der Waals surface area contributed by atoms with Crippen LogP contribution in [0.15, 0.2) is 12.3 Å². The molecule has 0 aromatic carbocycles. The minimum absolute atomic E-state index is 0.0116. The van der Waals surface area contributed by atoms with Crippen LogP contribution in [-0.4, -0.2) is 71.1 Å². The van der Waals surface area contributed by atoms with Crippen molar-refractivity contribution in [1.82, 2.24) is 20.0 Å². The minimum atomic E-state index is -0.885. The van der Waals surface area contributed by atoms with Crippen molar-refractivity contribution < 1.29 is 19.4 Å². The van der Waals surface area contributed by atoms with Crippen LogP contribution < -0.4 is 5.32 Å². The Morgan fingerprint density at radius 2 is 2.09 bits per heavy atom. The number of aryl methyl sites for hydroxylation is 1. The Morgan fingerprint density at radius 1 is 1.32 bits per heavy atom. The van der Waals surface area contributed by atoms with E-state index in [4.69, 9.17) is 9.84 Å². The highest BCUT2D eigenvalue weighted by atomic mass is 16.5. The number of carboxylic acids is 1. The summed E-state index contributed by atoms with van der Waals surface area (Å²) in [6.45, 7) is 5.25. The first-order valence-corrected chi connectivity index (χ1v) is 7.49. The molecule has 0 aliphatic carbocycles. The van der Waals surface area contributed by atoms with E-state index in [9.17, 15) is 9.59 Å². The van der Waals surface area contributed by atoms with Gasteiger partial charge in [-0.2, -0.15) is 5.10 Å². The van der Waals surface area contributed by atoms with E-state index >= 15 is 0 Å². The molecule has 2 heterocycles. The van der Waals surface area contributed by atoms with Gasteiger partial charge in [-0.25, -0.2) is 0 Å². The molecule has 1 aliphatic heterocycles. The molecule has 1 aromatic rings. The average molecular weight is 310 g/mol. The minimum Gasteiger partial charge on any atom is -0.481 e. The van der Waals surface area contributed by atoms with Crippen LogP contribution in [0.25, 0.3) is 0 Å². The number of aromatic nitrogens is 2. The van der Waals surface area contributed by atoms with E-state index in [2.05, 4.69) is 15.3 Å². The lowest BCUT2D eigenvalue weighted by Gasteiger charge is -2.26. The standard InChI is InChI=1S/C14H22N4O4/c19-13(20)3-7-18-6-2-12(16-18)14(21)15-4-1-5-17-8-10-22-11-9-17/h2,6H,1,3-5,7-11H2,(H,15,21)(H,19,20). The van der Waals surface area contributed by atoms with E-state index < -0.39 is 5.97 Å². The molecule has 2 N–H and O–H groups in total. The summed E-state index contributed by atoms with van der Waals surface area (Å²) < 4.78 is 6.75. The maximum absolute atomic E-state index is 11.9. The Kier molecular flexibility index (Phi) is 6.35. The number of hydrogen-bond acceptors (Lipinski definition) is 5. The maximum atomic E-state index is 11.9. The van der Waals surface area contributed by atoms with E-state index in [1.165, 1.54) is 4.68 Å². The topological polar surface area (TPSA) is 96.7 Å². The van der Waals surface area contributed by atoms with Crippen LogP contribution in [0, 0.1) is 0 Å². The third-order valence-electron chi connectivity index (χ3n) is 3.47. The summed E-state index contributed by atoms with van der Waals surface area (Å²) in [5.41, 5.74) is 0.316. The molecule has 1 saturated heterocycles. The van der Waals surface area contributed by atoms with Crippen LogP contribution in [-0.2, 0) is 16.1 Å². The first-order valence-electron chi connectivity index (χ1n) is 7.49. The molecule has 0 atom stereocenters. The largest absolute Gasteiger partial charge is 0.481 e. The molecule has 8 nitrogen and oxygen atoms in total. The van der Waals surface area contributed by atoms with Crippen LogP contribution in [0.4, 0.5) is 0 Å². The number of aliphatic carboxylic acids is 1. The van der Waals surface area contributed by atoms with Crippen LogP contribution in [0.1, 0.15) is 23.3 Å². The van der Waals surface area contributed by atoms with E-state index in [0.29, 0.717) is 12.2 Å². The lowest BCUT2D eigenvalue weighted by Crippen LogP contribution is -2.38. The third-order valence-corrected chi connectivity index (χ3v) is 3.47. The number of ether oxygens (including phenoxy) is 1. The first kappa shape index (κ1) is 16.4. The summed E-state index contributed by atoms with van der Waals surface area (Å²) in [7, 11) is 0. The summed E-state index contributed by atoms with van der Waals surface area (Å²) in [5.74, 6) is -1.11. The number of carbonyl (C=O) groups excluding carboxylic acids is 1. The van der Waals surface area contributed by atoms with Crippen molar-refractivity contribution in [2.24, 2.45) is 0 Å². The Morgan fingerprint density at radius 3 is 2.82 bits per heavy atom. The van der Waals surface area contributed by atoms with E-state index in [-0.39, 0.29) is 18.9 Å². The van der Waals surface area contributed by atoms with Gasteiger partial charge in [0.05, 0.1) is 26.2 Å². The quantitative estimate of drug-likeness (QED) is 0.646. The van der Waals surface area contributed by atoms with Gasteiger partial charge < -0.3 is 15.2 Å². The van der Waals surface area contributed by atoms with E-state index in [1.54, 1.807) is 12.3 Å². The van der Waals surface area contributed by atoms with Crippen molar-refractivity contribution >= 4 is 11.9 Å². The van der Waals surface area contributed by atoms with Crippen LogP contribution in [0.2, 0.25) is 0 Å². The monoisotopic (exact) mass is 310 g/mol. The van der Waals surface area contributed by atoms with Crippen molar-refractivity contribution in [2.75, 3.05) is 39.4 Å². The number of nitrogens with zero attached hydrogens (tertiary/aromatic N) is 3. The van der Waals surface area contributed by atoms with Crippen molar-refractivity contribution in [3.8, 4) is 0 Å². The van der Waals surface area contributed by atoms with Gasteiger partial charge in [0.15, 0.2) is 0 Å². The van der Waals surface area contributed by atoms with Gasteiger partial charge in [-0.15, -0.1) is 0 Å². The van der Waals surface area contributed by atoms with Gasteiger partial charge in [0.1, 0.15) is 5.69 Å². The van der Waals surface area contributed by atoms with Gasteiger partial charge in [0, 0.05) is 25.8 Å². The molecular formula is C14H22N4O4. The van der Waals surface area contributed by atoms with Crippen molar-refractivity contribution in [1.29, 1.82) is 0 Å². The highest BCUT2D eigenvalue weighted by Gasteiger charge is 2.11. The first-order chi connectivity index (χ1) is 10.6. The number of rotatable bonds is 8. The van der Waals surface area contributed by atoms with Gasteiger partial charge >= 0.3 is 5.97 Å². The second-order valence-corrected chi connectivity index (χ2v) is 5.17. The molecule has 1 fully saturated rings. The van der Waals surface area contributed by atoms with Gasteiger partial charge in [0.2, 0.25) is 0 Å². The molecule has 0 unspecified atom stereocenters. The fourth-order valence-electron chi connectivity index (χ4n) is 2.24. The molecule has 1 amide bonds. The molecule has 1 aliphatic rings. The lowest BCUT2D eigenvalue weighted by atomic mass is 10.3.